The fraction of sp³-hybridized carbons (Fsp3) is 0.833. The average Bonchev–Trinajstić information content (AvgIpc) is 3.11. The predicted molar refractivity (Wildman–Crippen MR) is 136 cm³/mol. The first-order chi connectivity index (χ1) is 15.8. The summed E-state index contributed by atoms with van der Waals surface area (Å²) in [6, 6.07) is 0. The Bertz CT molecular complexity index is 845. The van der Waals surface area contributed by atoms with Crippen LogP contribution in [0.3, 0.4) is 0 Å². The molecule has 0 radical (unpaired) electrons. The normalized spacial score (nSPS) is 45.8. The summed E-state index contributed by atoms with van der Waals surface area (Å²) in [5.74, 6) is 2.93. The fourth-order valence-electron chi connectivity index (χ4n) is 8.47. The number of carbonyl (C=O) groups is 1. The molecule has 0 aromatic rings. The number of fused-ring (bicyclic) bond motifs is 5. The van der Waals surface area contributed by atoms with Gasteiger partial charge in [-0.3, -0.25) is 4.79 Å². The van der Waals surface area contributed by atoms with E-state index in [1.54, 1.807) is 0 Å². The first-order valence-electron chi connectivity index (χ1n) is 13.8. The molecule has 0 amide bonds. The van der Waals surface area contributed by atoms with E-state index in [-0.39, 0.29) is 22.9 Å². The molecular formula is C30H48O4. The van der Waals surface area contributed by atoms with E-state index in [0.717, 1.165) is 19.3 Å². The maximum Gasteiger partial charge on any atom is 0.302 e. The summed E-state index contributed by atoms with van der Waals surface area (Å²) in [5.41, 5.74) is 0.0285. The zero-order valence-corrected chi connectivity index (χ0v) is 22.5. The number of hydrogen-bond acceptors (Lipinski definition) is 4. The molecule has 4 rings (SSSR count). The molecule has 0 heterocycles. The number of allylic oxidation sites excluding steroid dienone is 3. The van der Waals surface area contributed by atoms with Crippen LogP contribution in [-0.4, -0.2) is 34.0 Å². The van der Waals surface area contributed by atoms with Crippen LogP contribution in [0.25, 0.3) is 0 Å². The van der Waals surface area contributed by atoms with Gasteiger partial charge in [-0.2, -0.15) is 0 Å². The molecule has 0 aromatic heterocycles. The SMILES string of the molecule is CC(=O)OC1CCC2(C)C3CCC4(C)C(CCC4C(C)C=CC(C)C(C)C)C3=CC(O)C2(O)C1. The van der Waals surface area contributed by atoms with Gasteiger partial charge >= 0.3 is 5.97 Å². The Morgan fingerprint density at radius 1 is 1.06 bits per heavy atom. The minimum Gasteiger partial charge on any atom is -0.462 e. The molecule has 0 aliphatic heterocycles. The highest BCUT2D eigenvalue weighted by molar-refractivity contribution is 5.66. The van der Waals surface area contributed by atoms with Crippen molar-refractivity contribution in [3.05, 3.63) is 23.8 Å². The van der Waals surface area contributed by atoms with Crippen LogP contribution in [0.4, 0.5) is 0 Å². The minimum absolute atomic E-state index is 0.244. The smallest absolute Gasteiger partial charge is 0.302 e. The van der Waals surface area contributed by atoms with E-state index in [4.69, 9.17) is 4.74 Å². The van der Waals surface area contributed by atoms with Crippen molar-refractivity contribution in [2.24, 2.45) is 46.3 Å². The maximum atomic E-state index is 11.9. The molecule has 3 fully saturated rings. The molecule has 10 atom stereocenters. The maximum absolute atomic E-state index is 11.9. The van der Waals surface area contributed by atoms with E-state index in [1.165, 1.54) is 31.8 Å². The summed E-state index contributed by atoms with van der Waals surface area (Å²) in [7, 11) is 0. The Labute approximate surface area is 207 Å². The number of aliphatic hydroxyl groups is 2. The molecule has 34 heavy (non-hydrogen) atoms. The third-order valence-corrected chi connectivity index (χ3v) is 11.0. The molecule has 10 unspecified atom stereocenters. The summed E-state index contributed by atoms with van der Waals surface area (Å²) >= 11 is 0. The van der Waals surface area contributed by atoms with Crippen molar-refractivity contribution in [3.8, 4) is 0 Å². The summed E-state index contributed by atoms with van der Waals surface area (Å²) in [6.45, 7) is 15.4. The van der Waals surface area contributed by atoms with Crippen LogP contribution in [-0.2, 0) is 9.53 Å². The van der Waals surface area contributed by atoms with Crippen LogP contribution < -0.4 is 0 Å². The molecule has 0 aromatic carbocycles. The highest BCUT2D eigenvalue weighted by Crippen LogP contribution is 2.67. The lowest BCUT2D eigenvalue weighted by atomic mass is 9.45. The van der Waals surface area contributed by atoms with Crippen molar-refractivity contribution in [3.63, 3.8) is 0 Å². The van der Waals surface area contributed by atoms with Gasteiger partial charge in [0.15, 0.2) is 0 Å². The van der Waals surface area contributed by atoms with Gasteiger partial charge in [-0.05, 0) is 79.4 Å². The third-order valence-electron chi connectivity index (χ3n) is 11.0. The molecular weight excluding hydrogens is 424 g/mol. The van der Waals surface area contributed by atoms with Gasteiger partial charge in [0.05, 0.1) is 0 Å². The second kappa shape index (κ2) is 9.07. The Morgan fingerprint density at radius 3 is 2.41 bits per heavy atom. The first-order valence-corrected chi connectivity index (χ1v) is 13.8. The lowest BCUT2D eigenvalue weighted by Crippen LogP contribution is -2.65. The lowest BCUT2D eigenvalue weighted by Gasteiger charge is -2.62. The van der Waals surface area contributed by atoms with Crippen molar-refractivity contribution in [1.29, 1.82) is 0 Å². The van der Waals surface area contributed by atoms with Gasteiger partial charge in [0.25, 0.3) is 0 Å². The van der Waals surface area contributed by atoms with E-state index in [1.807, 2.05) is 6.08 Å². The predicted octanol–water partition coefficient (Wildman–Crippen LogP) is 6.07. The number of esters is 1. The molecule has 4 nitrogen and oxygen atoms in total. The summed E-state index contributed by atoms with van der Waals surface area (Å²) in [4.78, 5) is 11.5. The lowest BCUT2D eigenvalue weighted by molar-refractivity contribution is -0.216. The van der Waals surface area contributed by atoms with Gasteiger partial charge in [-0.25, -0.2) is 0 Å². The van der Waals surface area contributed by atoms with E-state index in [2.05, 4.69) is 53.7 Å². The number of rotatable bonds is 5. The van der Waals surface area contributed by atoms with E-state index >= 15 is 0 Å². The Morgan fingerprint density at radius 2 is 1.76 bits per heavy atom. The zero-order valence-electron chi connectivity index (χ0n) is 22.5. The van der Waals surface area contributed by atoms with Gasteiger partial charge in [0.2, 0.25) is 0 Å². The van der Waals surface area contributed by atoms with Crippen LogP contribution in [0.1, 0.15) is 93.4 Å². The second-order valence-corrected chi connectivity index (χ2v) is 13.1. The monoisotopic (exact) mass is 472 g/mol. The van der Waals surface area contributed by atoms with Crippen LogP contribution in [0, 0.1) is 46.3 Å². The number of carbonyl (C=O) groups excluding carboxylic acids is 1. The standard InChI is InChI=1S/C30H48O4/c1-18(2)19(3)8-9-20(4)24-10-11-25-23-16-27(32)30(33)17-22(34-21(5)31)12-15-29(30,7)26(23)13-14-28(24,25)6/h8-9,16,18-20,22,24-27,32-33H,10-15,17H2,1-7H3. The zero-order chi connectivity index (χ0) is 25.1. The van der Waals surface area contributed by atoms with Gasteiger partial charge < -0.3 is 14.9 Å². The highest BCUT2D eigenvalue weighted by atomic mass is 16.5. The molecule has 0 spiro atoms. The molecule has 0 bridgehead atoms. The Balaban J connectivity index is 1.59. The quantitative estimate of drug-likeness (QED) is 0.377. The minimum atomic E-state index is -1.24. The number of aliphatic hydroxyl groups excluding tert-OH is 1. The third kappa shape index (κ3) is 4.01. The molecule has 0 saturated heterocycles. The first kappa shape index (κ1) is 25.9. The molecule has 4 heteroatoms. The summed E-state index contributed by atoms with van der Waals surface area (Å²) < 4.78 is 5.48. The van der Waals surface area contributed by atoms with E-state index in [9.17, 15) is 15.0 Å². The van der Waals surface area contributed by atoms with Crippen molar-refractivity contribution < 1.29 is 19.7 Å². The van der Waals surface area contributed by atoms with Crippen molar-refractivity contribution in [2.45, 2.75) is 111 Å². The van der Waals surface area contributed by atoms with E-state index < -0.39 is 11.7 Å². The average molecular weight is 473 g/mol. The molecule has 2 N–H and O–H groups in total. The van der Waals surface area contributed by atoms with Gasteiger partial charge in [0, 0.05) is 18.8 Å². The summed E-state index contributed by atoms with van der Waals surface area (Å²) in [5, 5.41) is 23.2. The van der Waals surface area contributed by atoms with Crippen molar-refractivity contribution in [2.75, 3.05) is 0 Å². The number of hydrogen-bond donors (Lipinski definition) is 2. The molecule has 4 aliphatic rings. The molecule has 3 saturated carbocycles. The van der Waals surface area contributed by atoms with Crippen LogP contribution in [0.15, 0.2) is 23.8 Å². The van der Waals surface area contributed by atoms with Gasteiger partial charge in [-0.15, -0.1) is 0 Å². The van der Waals surface area contributed by atoms with Crippen LogP contribution in [0.2, 0.25) is 0 Å². The number of ether oxygens (including phenoxy) is 1. The van der Waals surface area contributed by atoms with Crippen molar-refractivity contribution >= 4 is 5.97 Å². The molecule has 192 valence electrons. The Hall–Kier alpha value is -1.13. The van der Waals surface area contributed by atoms with Crippen molar-refractivity contribution in [1.82, 2.24) is 0 Å². The fourth-order valence-corrected chi connectivity index (χ4v) is 8.47. The second-order valence-electron chi connectivity index (χ2n) is 13.1. The summed E-state index contributed by atoms with van der Waals surface area (Å²) in [6.07, 6.45) is 12.2. The Kier molecular flexibility index (Phi) is 6.92. The van der Waals surface area contributed by atoms with Crippen LogP contribution >= 0.6 is 0 Å². The van der Waals surface area contributed by atoms with Gasteiger partial charge in [-0.1, -0.05) is 65.3 Å². The highest BCUT2D eigenvalue weighted by Gasteiger charge is 2.65. The van der Waals surface area contributed by atoms with E-state index in [0.29, 0.717) is 41.9 Å². The van der Waals surface area contributed by atoms with Crippen LogP contribution in [0.5, 0.6) is 0 Å². The largest absolute Gasteiger partial charge is 0.462 e. The topological polar surface area (TPSA) is 66.8 Å². The van der Waals surface area contributed by atoms with Gasteiger partial charge in [0.1, 0.15) is 17.8 Å². The molecule has 4 aliphatic carbocycles.